The monoisotopic (exact) mass is 450 g/mol. The van der Waals surface area contributed by atoms with E-state index in [-0.39, 0.29) is 0 Å². The Labute approximate surface area is 198 Å². The molecule has 0 unspecified atom stereocenters. The minimum atomic E-state index is 0.998. The van der Waals surface area contributed by atoms with E-state index in [0.29, 0.717) is 0 Å². The van der Waals surface area contributed by atoms with E-state index in [2.05, 4.69) is 105 Å². The summed E-state index contributed by atoms with van der Waals surface area (Å²) in [7, 11) is 2.19. The number of fused-ring (bicyclic) bond motifs is 2. The average Bonchev–Trinajstić information content (AvgIpc) is 3.29. The third kappa shape index (κ3) is 3.94. The van der Waals surface area contributed by atoms with Gasteiger partial charge >= 0.3 is 0 Å². The van der Waals surface area contributed by atoms with Gasteiger partial charge in [0.15, 0.2) is 0 Å². The summed E-state index contributed by atoms with van der Waals surface area (Å²) in [5, 5.41) is 8.32. The molecule has 5 aromatic rings. The number of aromatic nitrogens is 1. The predicted molar refractivity (Wildman–Crippen MR) is 142 cm³/mol. The van der Waals surface area contributed by atoms with Gasteiger partial charge in [-0.25, -0.2) is 0 Å². The van der Waals surface area contributed by atoms with Crippen LogP contribution in [0.5, 0.6) is 0 Å². The zero-order chi connectivity index (χ0) is 22.2. The summed E-state index contributed by atoms with van der Waals surface area (Å²) in [6, 6.07) is 26.0. The first-order valence-corrected chi connectivity index (χ1v) is 12.3. The lowest BCUT2D eigenvalue weighted by atomic mass is 10.0. The number of benzene rings is 3. The average molecular weight is 451 g/mol. The molecule has 1 fully saturated rings. The number of hydrogen-bond acceptors (Lipinski definition) is 5. The quantitative estimate of drug-likeness (QED) is 0.334. The van der Waals surface area contributed by atoms with Crippen molar-refractivity contribution in [2.24, 2.45) is 0 Å². The number of hydrogen-bond donors (Lipinski definition) is 1. The molecule has 0 amide bonds. The number of rotatable bonds is 4. The van der Waals surface area contributed by atoms with Gasteiger partial charge in [0.05, 0.1) is 5.52 Å². The van der Waals surface area contributed by atoms with Gasteiger partial charge in [0.25, 0.3) is 0 Å². The zero-order valence-corrected chi connectivity index (χ0v) is 19.5. The van der Waals surface area contributed by atoms with Gasteiger partial charge in [0.1, 0.15) is 0 Å². The van der Waals surface area contributed by atoms with E-state index >= 15 is 0 Å². The second kappa shape index (κ2) is 8.50. The molecule has 1 aliphatic rings. The summed E-state index contributed by atoms with van der Waals surface area (Å²) < 4.78 is 1.32. The van der Waals surface area contributed by atoms with E-state index in [4.69, 9.17) is 0 Å². The highest BCUT2D eigenvalue weighted by Gasteiger charge is 2.14. The first-order valence-electron chi connectivity index (χ1n) is 11.4. The summed E-state index contributed by atoms with van der Waals surface area (Å²) in [5.74, 6) is 0. The second-order valence-electron chi connectivity index (χ2n) is 8.70. The molecule has 0 aliphatic carbocycles. The van der Waals surface area contributed by atoms with Crippen LogP contribution in [0.4, 0.5) is 17.1 Å². The van der Waals surface area contributed by atoms with Gasteiger partial charge in [-0.3, -0.25) is 4.98 Å². The third-order valence-electron chi connectivity index (χ3n) is 6.55. The predicted octanol–water partition coefficient (Wildman–Crippen LogP) is 6.61. The van der Waals surface area contributed by atoms with Crippen LogP contribution in [0.25, 0.3) is 32.1 Å². The van der Waals surface area contributed by atoms with Crippen molar-refractivity contribution >= 4 is 49.4 Å². The molecule has 0 radical (unpaired) electrons. The largest absolute Gasteiger partial charge is 0.369 e. The number of nitrogens with one attached hydrogen (secondary N) is 1. The van der Waals surface area contributed by atoms with Crippen LogP contribution in [0.3, 0.4) is 0 Å². The first kappa shape index (κ1) is 20.2. The van der Waals surface area contributed by atoms with Crippen molar-refractivity contribution in [3.63, 3.8) is 0 Å². The molecule has 3 heterocycles. The maximum Gasteiger partial charge on any atom is 0.0723 e. The summed E-state index contributed by atoms with van der Waals surface area (Å²) in [4.78, 5) is 9.45. The van der Waals surface area contributed by atoms with E-state index in [9.17, 15) is 0 Å². The molecule has 2 aromatic heterocycles. The molecule has 164 valence electrons. The lowest BCUT2D eigenvalue weighted by Crippen LogP contribution is -2.44. The van der Waals surface area contributed by atoms with Gasteiger partial charge in [-0.1, -0.05) is 24.3 Å². The van der Waals surface area contributed by atoms with Gasteiger partial charge in [0, 0.05) is 70.5 Å². The van der Waals surface area contributed by atoms with Crippen LogP contribution in [-0.4, -0.2) is 43.1 Å². The fourth-order valence-corrected chi connectivity index (χ4v) is 5.57. The minimum absolute atomic E-state index is 0.998. The van der Waals surface area contributed by atoms with Crippen LogP contribution in [0.1, 0.15) is 0 Å². The Morgan fingerprint density at radius 3 is 2.52 bits per heavy atom. The van der Waals surface area contributed by atoms with Crippen LogP contribution in [0, 0.1) is 0 Å². The minimum Gasteiger partial charge on any atom is -0.369 e. The summed E-state index contributed by atoms with van der Waals surface area (Å²) in [6.07, 6.45) is 1.88. The number of likely N-dealkylation sites (N-methyl/N-ethyl adjacent to an activating group) is 1. The van der Waals surface area contributed by atoms with Crippen LogP contribution in [0.15, 0.2) is 84.4 Å². The summed E-state index contributed by atoms with van der Waals surface area (Å²) in [5.41, 5.74) is 6.96. The molecule has 0 bridgehead atoms. The maximum absolute atomic E-state index is 4.60. The van der Waals surface area contributed by atoms with Crippen LogP contribution in [0.2, 0.25) is 0 Å². The normalized spacial score (nSPS) is 14.8. The van der Waals surface area contributed by atoms with Gasteiger partial charge in [-0.2, -0.15) is 0 Å². The van der Waals surface area contributed by atoms with Gasteiger partial charge in [0.2, 0.25) is 0 Å². The van der Waals surface area contributed by atoms with Crippen molar-refractivity contribution in [3.8, 4) is 11.1 Å². The molecule has 33 heavy (non-hydrogen) atoms. The molecular formula is C28H26N4S. The summed E-state index contributed by atoms with van der Waals surface area (Å²) in [6.45, 7) is 4.39. The van der Waals surface area contributed by atoms with Crippen molar-refractivity contribution in [1.29, 1.82) is 0 Å². The van der Waals surface area contributed by atoms with E-state index in [1.54, 1.807) is 11.3 Å². The molecule has 5 heteroatoms. The Morgan fingerprint density at radius 2 is 1.67 bits per heavy atom. The highest BCUT2D eigenvalue weighted by Crippen LogP contribution is 2.36. The van der Waals surface area contributed by atoms with E-state index in [1.165, 1.54) is 26.9 Å². The first-order chi connectivity index (χ1) is 16.2. The fourth-order valence-electron chi connectivity index (χ4n) is 4.60. The Kier molecular flexibility index (Phi) is 5.21. The Bertz CT molecular complexity index is 1420. The number of pyridine rings is 1. The summed E-state index contributed by atoms with van der Waals surface area (Å²) >= 11 is 1.80. The van der Waals surface area contributed by atoms with Crippen molar-refractivity contribution in [1.82, 2.24) is 9.88 Å². The lowest BCUT2D eigenvalue weighted by Gasteiger charge is -2.34. The molecule has 0 saturated carbocycles. The molecule has 1 aliphatic heterocycles. The molecule has 0 spiro atoms. The molecule has 3 aromatic carbocycles. The van der Waals surface area contributed by atoms with Gasteiger partial charge in [-0.15, -0.1) is 11.3 Å². The van der Waals surface area contributed by atoms with Crippen LogP contribution < -0.4 is 10.2 Å². The molecule has 4 nitrogen and oxygen atoms in total. The number of nitrogens with zero attached hydrogens (tertiary/aromatic N) is 3. The standard InChI is InChI=1S/C28H26N4S/c1-31-14-16-32(17-15-31)22-9-7-21(8-10-22)30-27-12-13-29-26-11-6-20(18-24(26)27)25-19-33-28-5-3-2-4-23(25)28/h2-13,18-19H,14-17H2,1H3,(H,29,30). The van der Waals surface area contributed by atoms with E-state index < -0.39 is 0 Å². The van der Waals surface area contributed by atoms with E-state index in [1.807, 2.05) is 6.20 Å². The number of anilines is 3. The van der Waals surface area contributed by atoms with E-state index in [0.717, 1.165) is 48.5 Å². The fraction of sp³-hybridized carbons (Fsp3) is 0.179. The Balaban J connectivity index is 1.31. The SMILES string of the molecule is CN1CCN(c2ccc(Nc3ccnc4ccc(-c5csc6ccccc56)cc34)cc2)CC1. The Morgan fingerprint density at radius 1 is 0.848 bits per heavy atom. The highest BCUT2D eigenvalue weighted by molar-refractivity contribution is 7.17. The van der Waals surface area contributed by atoms with Crippen molar-refractivity contribution < 1.29 is 0 Å². The second-order valence-corrected chi connectivity index (χ2v) is 9.61. The lowest BCUT2D eigenvalue weighted by molar-refractivity contribution is 0.313. The molecule has 0 atom stereocenters. The molecule has 6 rings (SSSR count). The topological polar surface area (TPSA) is 31.4 Å². The van der Waals surface area contributed by atoms with Crippen molar-refractivity contribution in [2.75, 3.05) is 43.4 Å². The maximum atomic E-state index is 4.60. The number of thiophene rings is 1. The zero-order valence-electron chi connectivity index (χ0n) is 18.7. The van der Waals surface area contributed by atoms with Crippen LogP contribution in [-0.2, 0) is 0 Å². The molecule has 1 N–H and O–H groups in total. The van der Waals surface area contributed by atoms with Crippen molar-refractivity contribution in [2.45, 2.75) is 0 Å². The van der Waals surface area contributed by atoms with Crippen LogP contribution >= 0.6 is 11.3 Å². The van der Waals surface area contributed by atoms with Gasteiger partial charge < -0.3 is 15.1 Å². The Hall–Kier alpha value is -3.41. The molecule has 1 saturated heterocycles. The number of piperazine rings is 1. The van der Waals surface area contributed by atoms with Crippen molar-refractivity contribution in [3.05, 3.63) is 84.4 Å². The smallest absolute Gasteiger partial charge is 0.0723 e. The third-order valence-corrected chi connectivity index (χ3v) is 7.51. The molecular weight excluding hydrogens is 424 g/mol. The van der Waals surface area contributed by atoms with Gasteiger partial charge in [-0.05, 0) is 66.5 Å². The highest BCUT2D eigenvalue weighted by atomic mass is 32.1.